The molecule has 3 nitrogen and oxygen atoms in total. The molecule has 2 rings (SSSR count). The van der Waals surface area contributed by atoms with E-state index in [1.54, 1.807) is 30.3 Å². The Balaban J connectivity index is 2.10. The monoisotopic (exact) mass is 279 g/mol. The van der Waals surface area contributed by atoms with Gasteiger partial charge in [-0.15, -0.1) is 0 Å². The summed E-state index contributed by atoms with van der Waals surface area (Å²) in [5.41, 5.74) is 3.14. The van der Waals surface area contributed by atoms with Crippen LogP contribution in [-0.4, -0.2) is 11.7 Å². The van der Waals surface area contributed by atoms with E-state index < -0.39 is 0 Å². The Morgan fingerprint density at radius 1 is 1.05 bits per heavy atom. The normalized spacial score (nSPS) is 10.6. The van der Waals surface area contributed by atoms with E-state index in [-0.39, 0.29) is 11.7 Å². The Morgan fingerprint density at radius 2 is 1.81 bits per heavy atom. The maximum Gasteiger partial charge on any atom is 0.248 e. The summed E-state index contributed by atoms with van der Waals surface area (Å²) in [7, 11) is 0. The topological polar surface area (TPSA) is 46.2 Å². The maximum atomic E-state index is 11.9. The molecule has 0 aromatic heterocycles. The third kappa shape index (κ3) is 4.14. The van der Waals surface area contributed by atoms with Crippen LogP contribution in [0.15, 0.2) is 54.6 Å². The minimum Gasteiger partial charge on any atom is -0.322 e. The van der Waals surface area contributed by atoms with Crippen LogP contribution in [-0.2, 0) is 4.79 Å². The van der Waals surface area contributed by atoms with Crippen molar-refractivity contribution in [2.45, 2.75) is 13.8 Å². The number of para-hydroxylation sites is 1. The molecule has 106 valence electrons. The van der Waals surface area contributed by atoms with E-state index in [9.17, 15) is 9.59 Å². The Kier molecular flexibility index (Phi) is 4.67. The lowest BCUT2D eigenvalue weighted by Gasteiger charge is -2.06. The second-order valence-electron chi connectivity index (χ2n) is 4.84. The standard InChI is InChI=1S/C18H17NO2/c1-13-6-5-7-15(12-13)10-11-18(21)19-17-9-4-3-8-16(17)14(2)20/h3-12H,1-2H3,(H,19,21)/b11-10+. The molecule has 0 fully saturated rings. The van der Waals surface area contributed by atoms with Gasteiger partial charge in [-0.25, -0.2) is 0 Å². The molecule has 0 atom stereocenters. The first kappa shape index (κ1) is 14.7. The van der Waals surface area contributed by atoms with Crippen molar-refractivity contribution in [2.75, 3.05) is 5.32 Å². The zero-order valence-electron chi connectivity index (χ0n) is 12.1. The molecule has 0 radical (unpaired) electrons. The molecule has 0 aliphatic heterocycles. The average Bonchev–Trinajstić information content (AvgIpc) is 2.45. The lowest BCUT2D eigenvalue weighted by Crippen LogP contribution is -2.11. The lowest BCUT2D eigenvalue weighted by molar-refractivity contribution is -0.111. The van der Waals surface area contributed by atoms with Crippen molar-refractivity contribution >= 4 is 23.5 Å². The van der Waals surface area contributed by atoms with Crippen LogP contribution in [0.2, 0.25) is 0 Å². The minimum atomic E-state index is -0.259. The maximum absolute atomic E-state index is 11.9. The number of aryl methyl sites for hydroxylation is 1. The summed E-state index contributed by atoms with van der Waals surface area (Å²) >= 11 is 0. The van der Waals surface area contributed by atoms with Gasteiger partial charge >= 0.3 is 0 Å². The van der Waals surface area contributed by atoms with Crippen LogP contribution >= 0.6 is 0 Å². The highest BCUT2D eigenvalue weighted by Gasteiger charge is 2.07. The highest BCUT2D eigenvalue weighted by Crippen LogP contribution is 2.15. The first-order chi connectivity index (χ1) is 10.1. The molecule has 0 bridgehead atoms. The smallest absolute Gasteiger partial charge is 0.248 e. The quantitative estimate of drug-likeness (QED) is 0.682. The van der Waals surface area contributed by atoms with Crippen molar-refractivity contribution in [1.82, 2.24) is 0 Å². The highest BCUT2D eigenvalue weighted by atomic mass is 16.1. The van der Waals surface area contributed by atoms with Gasteiger partial charge in [-0.3, -0.25) is 9.59 Å². The Bertz CT molecular complexity index is 702. The van der Waals surface area contributed by atoms with Crippen LogP contribution in [0, 0.1) is 6.92 Å². The van der Waals surface area contributed by atoms with Gasteiger partial charge in [-0.05, 0) is 37.6 Å². The van der Waals surface area contributed by atoms with Crippen LogP contribution in [0.1, 0.15) is 28.4 Å². The predicted octanol–water partition coefficient (Wildman–Crippen LogP) is 3.85. The number of hydrogen-bond acceptors (Lipinski definition) is 2. The van der Waals surface area contributed by atoms with Crippen molar-refractivity contribution in [3.63, 3.8) is 0 Å². The largest absolute Gasteiger partial charge is 0.322 e. The number of nitrogens with one attached hydrogen (secondary N) is 1. The molecule has 1 N–H and O–H groups in total. The molecule has 0 saturated carbocycles. The van der Waals surface area contributed by atoms with Crippen molar-refractivity contribution in [1.29, 1.82) is 0 Å². The minimum absolute atomic E-state index is 0.0754. The van der Waals surface area contributed by atoms with Crippen LogP contribution in [0.25, 0.3) is 6.08 Å². The average molecular weight is 279 g/mol. The van der Waals surface area contributed by atoms with Crippen molar-refractivity contribution in [3.8, 4) is 0 Å². The first-order valence-corrected chi connectivity index (χ1v) is 6.72. The molecule has 0 aliphatic carbocycles. The Hall–Kier alpha value is -2.68. The third-order valence-electron chi connectivity index (χ3n) is 3.03. The van der Waals surface area contributed by atoms with Crippen molar-refractivity contribution in [2.24, 2.45) is 0 Å². The number of carbonyl (C=O) groups is 2. The Morgan fingerprint density at radius 3 is 2.52 bits per heavy atom. The zero-order valence-corrected chi connectivity index (χ0v) is 12.1. The lowest BCUT2D eigenvalue weighted by atomic mass is 10.1. The fraction of sp³-hybridized carbons (Fsp3) is 0.111. The van der Waals surface area contributed by atoms with E-state index in [1.807, 2.05) is 31.2 Å². The summed E-state index contributed by atoms with van der Waals surface area (Å²) in [6, 6.07) is 14.8. The molecule has 2 aromatic carbocycles. The van der Waals surface area contributed by atoms with Crippen LogP contribution in [0.4, 0.5) is 5.69 Å². The molecule has 0 heterocycles. The van der Waals surface area contributed by atoms with Gasteiger partial charge in [-0.1, -0.05) is 42.0 Å². The second kappa shape index (κ2) is 6.66. The highest BCUT2D eigenvalue weighted by molar-refractivity contribution is 6.07. The number of ketones is 1. The van der Waals surface area contributed by atoms with Gasteiger partial charge in [0.15, 0.2) is 5.78 Å². The molecular formula is C18H17NO2. The van der Waals surface area contributed by atoms with Gasteiger partial charge < -0.3 is 5.32 Å². The first-order valence-electron chi connectivity index (χ1n) is 6.72. The fourth-order valence-corrected chi connectivity index (χ4v) is 2.02. The molecule has 2 aromatic rings. The van der Waals surface area contributed by atoms with Crippen molar-refractivity contribution < 1.29 is 9.59 Å². The summed E-state index contributed by atoms with van der Waals surface area (Å²) in [6.45, 7) is 3.48. The van der Waals surface area contributed by atoms with Gasteiger partial charge in [0.05, 0.1) is 5.69 Å². The van der Waals surface area contributed by atoms with Gasteiger partial charge in [0.2, 0.25) is 5.91 Å². The molecule has 1 amide bonds. The van der Waals surface area contributed by atoms with E-state index >= 15 is 0 Å². The van der Waals surface area contributed by atoms with E-state index in [1.165, 1.54) is 13.0 Å². The number of carbonyl (C=O) groups excluding carboxylic acids is 2. The number of hydrogen-bond donors (Lipinski definition) is 1. The van der Waals surface area contributed by atoms with Crippen LogP contribution < -0.4 is 5.32 Å². The Labute approximate surface area is 124 Å². The van der Waals surface area contributed by atoms with Gasteiger partial charge in [-0.2, -0.15) is 0 Å². The van der Waals surface area contributed by atoms with E-state index in [2.05, 4.69) is 5.32 Å². The number of amides is 1. The summed E-state index contributed by atoms with van der Waals surface area (Å²) < 4.78 is 0. The van der Waals surface area contributed by atoms with E-state index in [0.717, 1.165) is 11.1 Å². The number of anilines is 1. The fourth-order valence-electron chi connectivity index (χ4n) is 2.02. The van der Waals surface area contributed by atoms with Crippen LogP contribution in [0.3, 0.4) is 0 Å². The molecular weight excluding hydrogens is 262 g/mol. The molecule has 0 spiro atoms. The van der Waals surface area contributed by atoms with Crippen LogP contribution in [0.5, 0.6) is 0 Å². The summed E-state index contributed by atoms with van der Waals surface area (Å²) in [5.74, 6) is -0.334. The van der Waals surface area contributed by atoms with Gasteiger partial charge in [0.1, 0.15) is 0 Å². The number of rotatable bonds is 4. The van der Waals surface area contributed by atoms with Gasteiger partial charge in [0, 0.05) is 11.6 Å². The number of Topliss-reactive ketones (excluding diaryl/α,β-unsaturated/α-hetero) is 1. The van der Waals surface area contributed by atoms with E-state index in [4.69, 9.17) is 0 Å². The third-order valence-corrected chi connectivity index (χ3v) is 3.03. The molecule has 0 unspecified atom stereocenters. The molecule has 0 saturated heterocycles. The molecule has 21 heavy (non-hydrogen) atoms. The predicted molar refractivity (Wildman–Crippen MR) is 85.3 cm³/mol. The second-order valence-corrected chi connectivity index (χ2v) is 4.84. The summed E-state index contributed by atoms with van der Waals surface area (Å²) in [4.78, 5) is 23.4. The van der Waals surface area contributed by atoms with E-state index in [0.29, 0.717) is 11.3 Å². The van der Waals surface area contributed by atoms with Crippen molar-refractivity contribution in [3.05, 3.63) is 71.3 Å². The molecule has 3 heteroatoms. The summed E-state index contributed by atoms with van der Waals surface area (Å²) in [5, 5.41) is 2.73. The SMILES string of the molecule is CC(=O)c1ccccc1NC(=O)/C=C/c1cccc(C)c1. The summed E-state index contributed by atoms with van der Waals surface area (Å²) in [6.07, 6.45) is 3.21. The number of benzene rings is 2. The molecule has 0 aliphatic rings. The zero-order chi connectivity index (χ0) is 15.2. The van der Waals surface area contributed by atoms with Gasteiger partial charge in [0.25, 0.3) is 0 Å².